The number of fused-ring (bicyclic) bond motifs is 1. The molecule has 1 aromatic carbocycles. The summed E-state index contributed by atoms with van der Waals surface area (Å²) in [5.74, 6) is -1.48. The lowest BCUT2D eigenvalue weighted by molar-refractivity contribution is -0.137. The SMILES string of the molecule is CC[C@H](C)[C@@H]1NC(=O)C[C@@H](C(=O)NCCN2CCOCC2)NC(=O)c2ccccc2OCCN(C)C1=O. The molecule has 37 heavy (non-hydrogen) atoms. The van der Waals surface area contributed by atoms with Crippen molar-refractivity contribution in [1.82, 2.24) is 25.8 Å². The van der Waals surface area contributed by atoms with Gasteiger partial charge < -0.3 is 30.3 Å². The Morgan fingerprint density at radius 3 is 2.57 bits per heavy atom. The Bertz CT molecular complexity index is 951. The van der Waals surface area contributed by atoms with Crippen LogP contribution in [-0.2, 0) is 19.1 Å². The van der Waals surface area contributed by atoms with Gasteiger partial charge in [-0.1, -0.05) is 32.4 Å². The number of carbonyl (C=O) groups is 4. The molecule has 0 bridgehead atoms. The summed E-state index contributed by atoms with van der Waals surface area (Å²) in [6.45, 7) is 8.17. The van der Waals surface area contributed by atoms with Crippen LogP contribution in [0.15, 0.2) is 24.3 Å². The van der Waals surface area contributed by atoms with Crippen LogP contribution in [0.25, 0.3) is 0 Å². The van der Waals surface area contributed by atoms with Crippen molar-refractivity contribution in [3.8, 4) is 5.75 Å². The summed E-state index contributed by atoms with van der Waals surface area (Å²) >= 11 is 0. The molecule has 2 aliphatic heterocycles. The van der Waals surface area contributed by atoms with Crippen molar-refractivity contribution >= 4 is 23.6 Å². The van der Waals surface area contributed by atoms with Gasteiger partial charge in [-0.25, -0.2) is 0 Å². The monoisotopic (exact) mass is 517 g/mol. The van der Waals surface area contributed by atoms with Gasteiger partial charge in [0.25, 0.3) is 5.91 Å². The molecule has 1 fully saturated rings. The van der Waals surface area contributed by atoms with Gasteiger partial charge in [0.15, 0.2) is 0 Å². The zero-order valence-corrected chi connectivity index (χ0v) is 22.0. The molecule has 0 spiro atoms. The molecule has 1 saturated heterocycles. The van der Waals surface area contributed by atoms with Gasteiger partial charge in [-0.3, -0.25) is 24.1 Å². The number of likely N-dealkylation sites (N-methyl/N-ethyl adjacent to an activating group) is 1. The van der Waals surface area contributed by atoms with Crippen LogP contribution in [0.5, 0.6) is 5.75 Å². The van der Waals surface area contributed by atoms with Crippen LogP contribution in [0.2, 0.25) is 0 Å². The van der Waals surface area contributed by atoms with E-state index in [-0.39, 0.29) is 37.0 Å². The third-order valence-corrected chi connectivity index (χ3v) is 6.83. The second kappa shape index (κ2) is 13.9. The molecule has 0 radical (unpaired) electrons. The van der Waals surface area contributed by atoms with Crippen LogP contribution < -0.4 is 20.7 Å². The van der Waals surface area contributed by atoms with E-state index < -0.39 is 29.8 Å². The van der Waals surface area contributed by atoms with Gasteiger partial charge in [-0.05, 0) is 18.1 Å². The minimum absolute atomic E-state index is 0.121. The largest absolute Gasteiger partial charge is 0.491 e. The second-order valence-corrected chi connectivity index (χ2v) is 9.51. The maximum atomic E-state index is 13.2. The van der Waals surface area contributed by atoms with Crippen molar-refractivity contribution in [1.29, 1.82) is 0 Å². The third-order valence-electron chi connectivity index (χ3n) is 6.83. The molecule has 2 aliphatic rings. The highest BCUT2D eigenvalue weighted by molar-refractivity contribution is 6.01. The fourth-order valence-electron chi connectivity index (χ4n) is 4.25. The Morgan fingerprint density at radius 1 is 1.11 bits per heavy atom. The van der Waals surface area contributed by atoms with Gasteiger partial charge in [-0.2, -0.15) is 0 Å². The van der Waals surface area contributed by atoms with Crippen molar-refractivity contribution in [3.05, 3.63) is 29.8 Å². The van der Waals surface area contributed by atoms with E-state index in [1.165, 1.54) is 4.90 Å². The van der Waals surface area contributed by atoms with Crippen LogP contribution in [0.4, 0.5) is 0 Å². The standard InChI is InChI=1S/C26H39N5O6/c1-4-18(2)23-26(35)30(3)11-16-37-21-8-6-5-7-19(21)24(33)28-20(17-22(32)29-23)25(34)27-9-10-31-12-14-36-15-13-31/h5-8,18,20,23H,4,9-17H2,1-3H3,(H,27,34)(H,28,33)(H,29,32)/t18-,20-,23-/m0/s1. The minimum atomic E-state index is -1.13. The topological polar surface area (TPSA) is 129 Å². The van der Waals surface area contributed by atoms with Crippen LogP contribution in [0.1, 0.15) is 37.0 Å². The van der Waals surface area contributed by atoms with Gasteiger partial charge in [0.1, 0.15) is 24.4 Å². The van der Waals surface area contributed by atoms with Gasteiger partial charge in [0, 0.05) is 33.2 Å². The molecule has 4 amide bonds. The first kappa shape index (κ1) is 28.4. The van der Waals surface area contributed by atoms with E-state index >= 15 is 0 Å². The van der Waals surface area contributed by atoms with E-state index in [0.717, 1.165) is 13.1 Å². The number of carbonyl (C=O) groups excluding carboxylic acids is 4. The van der Waals surface area contributed by atoms with E-state index in [0.29, 0.717) is 38.5 Å². The Balaban J connectivity index is 1.80. The minimum Gasteiger partial charge on any atom is -0.491 e. The summed E-state index contributed by atoms with van der Waals surface area (Å²) in [6.07, 6.45) is 0.374. The molecule has 11 heteroatoms. The lowest BCUT2D eigenvalue weighted by Crippen LogP contribution is -2.54. The third kappa shape index (κ3) is 8.16. The molecule has 204 valence electrons. The number of nitrogens with zero attached hydrogens (tertiary/aromatic N) is 2. The first-order valence-electron chi connectivity index (χ1n) is 12.9. The normalized spacial score (nSPS) is 23.1. The molecule has 0 aliphatic carbocycles. The molecule has 0 unspecified atom stereocenters. The number of nitrogens with one attached hydrogen (secondary N) is 3. The van der Waals surface area contributed by atoms with Gasteiger partial charge in [0.2, 0.25) is 17.7 Å². The summed E-state index contributed by atoms with van der Waals surface area (Å²) in [5.41, 5.74) is 0.248. The van der Waals surface area contributed by atoms with E-state index in [1.54, 1.807) is 31.3 Å². The molecule has 11 nitrogen and oxygen atoms in total. The molecule has 2 heterocycles. The Labute approximate surface area is 218 Å². The predicted molar refractivity (Wildman–Crippen MR) is 137 cm³/mol. The Kier molecular flexibility index (Phi) is 10.7. The summed E-state index contributed by atoms with van der Waals surface area (Å²) in [4.78, 5) is 56.2. The maximum Gasteiger partial charge on any atom is 0.255 e. The van der Waals surface area contributed by atoms with Crippen molar-refractivity contribution in [3.63, 3.8) is 0 Å². The molecule has 1 aromatic rings. The van der Waals surface area contributed by atoms with Gasteiger partial charge in [0.05, 0.1) is 31.7 Å². The van der Waals surface area contributed by atoms with Crippen molar-refractivity contribution in [2.45, 2.75) is 38.8 Å². The highest BCUT2D eigenvalue weighted by atomic mass is 16.5. The molecular weight excluding hydrogens is 478 g/mol. The first-order chi connectivity index (χ1) is 17.8. The van der Waals surface area contributed by atoms with Gasteiger partial charge >= 0.3 is 0 Å². The maximum absolute atomic E-state index is 13.2. The number of rotatable bonds is 6. The van der Waals surface area contributed by atoms with E-state index in [9.17, 15) is 19.2 Å². The Morgan fingerprint density at radius 2 is 1.84 bits per heavy atom. The summed E-state index contributed by atoms with van der Waals surface area (Å²) in [5, 5.41) is 8.34. The number of benzene rings is 1. The quantitative estimate of drug-likeness (QED) is 0.485. The Hall–Kier alpha value is -3.18. The lowest BCUT2D eigenvalue weighted by Gasteiger charge is -2.29. The lowest BCUT2D eigenvalue weighted by atomic mass is 9.97. The van der Waals surface area contributed by atoms with Crippen LogP contribution in [0, 0.1) is 5.92 Å². The van der Waals surface area contributed by atoms with E-state index in [4.69, 9.17) is 9.47 Å². The van der Waals surface area contributed by atoms with Crippen molar-refractivity contribution < 1.29 is 28.7 Å². The van der Waals surface area contributed by atoms with E-state index in [1.807, 2.05) is 13.8 Å². The fourth-order valence-corrected chi connectivity index (χ4v) is 4.25. The summed E-state index contributed by atoms with van der Waals surface area (Å²) in [6, 6.07) is 4.82. The zero-order valence-electron chi connectivity index (χ0n) is 22.0. The number of morpholine rings is 1. The molecule has 3 atom stereocenters. The number of hydrogen-bond acceptors (Lipinski definition) is 7. The number of ether oxygens (including phenoxy) is 2. The van der Waals surface area contributed by atoms with Crippen LogP contribution in [0.3, 0.4) is 0 Å². The number of amides is 4. The van der Waals surface area contributed by atoms with Crippen LogP contribution >= 0.6 is 0 Å². The van der Waals surface area contributed by atoms with Gasteiger partial charge in [-0.15, -0.1) is 0 Å². The molecule has 3 N–H and O–H groups in total. The van der Waals surface area contributed by atoms with E-state index in [2.05, 4.69) is 20.9 Å². The molecule has 0 saturated carbocycles. The summed E-state index contributed by atoms with van der Waals surface area (Å²) < 4.78 is 11.2. The smallest absolute Gasteiger partial charge is 0.255 e. The second-order valence-electron chi connectivity index (χ2n) is 9.51. The number of para-hydroxylation sites is 1. The first-order valence-corrected chi connectivity index (χ1v) is 12.9. The fraction of sp³-hybridized carbons (Fsp3) is 0.615. The highest BCUT2D eigenvalue weighted by Crippen LogP contribution is 2.19. The molecule has 3 rings (SSSR count). The zero-order chi connectivity index (χ0) is 26.8. The molecular formula is C26H39N5O6. The average molecular weight is 518 g/mol. The highest BCUT2D eigenvalue weighted by Gasteiger charge is 2.32. The summed E-state index contributed by atoms with van der Waals surface area (Å²) in [7, 11) is 1.66. The predicted octanol–water partition coefficient (Wildman–Crippen LogP) is 0.00520. The average Bonchev–Trinajstić information content (AvgIpc) is 2.90. The van der Waals surface area contributed by atoms with Crippen LogP contribution in [-0.4, -0.2) is 105 Å². The molecule has 0 aromatic heterocycles. The number of hydrogen-bond donors (Lipinski definition) is 3. The van der Waals surface area contributed by atoms with Crippen molar-refractivity contribution in [2.75, 3.05) is 59.6 Å². The van der Waals surface area contributed by atoms with Crippen molar-refractivity contribution in [2.24, 2.45) is 5.92 Å².